The van der Waals surface area contributed by atoms with Crippen LogP contribution in [0, 0.1) is 12.8 Å². The van der Waals surface area contributed by atoms with E-state index < -0.39 is 0 Å². The Morgan fingerprint density at radius 3 is 2.83 bits per heavy atom. The molecule has 100 valence electrons. The molecule has 1 aromatic rings. The number of ether oxygens (including phenoxy) is 1. The fourth-order valence-corrected chi connectivity index (χ4v) is 2.53. The molecule has 0 bridgehead atoms. The first-order valence-corrected chi connectivity index (χ1v) is 6.94. The van der Waals surface area contributed by atoms with E-state index in [9.17, 15) is 0 Å². The first-order valence-electron chi connectivity index (χ1n) is 6.94. The van der Waals surface area contributed by atoms with Crippen LogP contribution in [0.25, 0.3) is 0 Å². The van der Waals surface area contributed by atoms with Crippen molar-refractivity contribution in [1.82, 2.24) is 10.3 Å². The zero-order valence-electron chi connectivity index (χ0n) is 11.6. The molecule has 2 unspecified atom stereocenters. The van der Waals surface area contributed by atoms with Gasteiger partial charge < -0.3 is 10.1 Å². The highest BCUT2D eigenvalue weighted by Crippen LogP contribution is 2.40. The van der Waals surface area contributed by atoms with Gasteiger partial charge in [0.15, 0.2) is 0 Å². The second-order valence-corrected chi connectivity index (χ2v) is 5.20. The fraction of sp³-hybridized carbons (Fsp3) is 0.667. The van der Waals surface area contributed by atoms with Crippen molar-refractivity contribution < 1.29 is 4.74 Å². The van der Waals surface area contributed by atoms with Gasteiger partial charge in [-0.2, -0.15) is 0 Å². The third-order valence-electron chi connectivity index (χ3n) is 3.72. The second-order valence-electron chi connectivity index (χ2n) is 5.20. The zero-order valence-corrected chi connectivity index (χ0v) is 11.6. The summed E-state index contributed by atoms with van der Waals surface area (Å²) in [5, 5.41) is 3.63. The average molecular weight is 248 g/mol. The van der Waals surface area contributed by atoms with E-state index >= 15 is 0 Å². The number of pyridine rings is 1. The number of aryl methyl sites for hydroxylation is 1. The molecule has 18 heavy (non-hydrogen) atoms. The Balaban J connectivity index is 2.20. The minimum absolute atomic E-state index is 0.274. The van der Waals surface area contributed by atoms with E-state index in [0.29, 0.717) is 5.92 Å². The molecule has 1 N–H and O–H groups in total. The highest BCUT2D eigenvalue weighted by Gasteiger charge is 2.37. The lowest BCUT2D eigenvalue weighted by Gasteiger charge is -2.28. The summed E-state index contributed by atoms with van der Waals surface area (Å²) in [6.45, 7) is 5.36. The van der Waals surface area contributed by atoms with Crippen LogP contribution < -0.4 is 5.32 Å². The van der Waals surface area contributed by atoms with Gasteiger partial charge in [0.25, 0.3) is 0 Å². The van der Waals surface area contributed by atoms with Gasteiger partial charge in [0.1, 0.15) is 0 Å². The normalized spacial score (nSPS) is 18.6. The molecule has 3 heteroatoms. The second kappa shape index (κ2) is 6.30. The smallest absolute Gasteiger partial charge is 0.0794 e. The lowest BCUT2D eigenvalue weighted by Crippen LogP contribution is -2.35. The summed E-state index contributed by atoms with van der Waals surface area (Å²) in [5.74, 6) is 0.712. The Kier molecular flexibility index (Phi) is 4.72. The molecule has 0 radical (unpaired) electrons. The van der Waals surface area contributed by atoms with Gasteiger partial charge in [0.2, 0.25) is 0 Å². The summed E-state index contributed by atoms with van der Waals surface area (Å²) < 4.78 is 5.75. The Hall–Kier alpha value is -0.930. The predicted molar refractivity (Wildman–Crippen MR) is 73.5 cm³/mol. The van der Waals surface area contributed by atoms with Gasteiger partial charge in [0, 0.05) is 19.5 Å². The number of hydrogen-bond acceptors (Lipinski definition) is 3. The van der Waals surface area contributed by atoms with Crippen LogP contribution in [0.1, 0.15) is 43.4 Å². The van der Waals surface area contributed by atoms with Crippen LogP contribution in [0.3, 0.4) is 0 Å². The molecule has 1 aliphatic carbocycles. The summed E-state index contributed by atoms with van der Waals surface area (Å²) in [6, 6.07) is 2.35. The molecule has 1 aliphatic rings. The topological polar surface area (TPSA) is 34.2 Å². The first kappa shape index (κ1) is 13.5. The molecule has 3 nitrogen and oxygen atoms in total. The number of nitrogens with zero attached hydrogens (tertiary/aromatic N) is 1. The molecule has 1 aromatic heterocycles. The quantitative estimate of drug-likeness (QED) is 0.805. The van der Waals surface area contributed by atoms with Crippen LogP contribution in [-0.2, 0) is 4.74 Å². The lowest BCUT2D eigenvalue weighted by atomic mass is 9.96. The maximum atomic E-state index is 5.75. The number of methoxy groups -OCH3 is 1. The SMILES string of the molecule is CCCNC(c1cnccc1C)C(OC)C1CC1. The molecule has 0 aromatic carbocycles. The van der Waals surface area contributed by atoms with Crippen LogP contribution in [-0.4, -0.2) is 24.7 Å². The fourth-order valence-electron chi connectivity index (χ4n) is 2.53. The summed E-state index contributed by atoms with van der Waals surface area (Å²) >= 11 is 0. The van der Waals surface area contributed by atoms with Crippen molar-refractivity contribution in [3.8, 4) is 0 Å². The van der Waals surface area contributed by atoms with E-state index in [1.165, 1.54) is 24.0 Å². The lowest BCUT2D eigenvalue weighted by molar-refractivity contribution is 0.0504. The van der Waals surface area contributed by atoms with Crippen LogP contribution in [0.2, 0.25) is 0 Å². The molecule has 0 spiro atoms. The molecule has 1 fully saturated rings. The largest absolute Gasteiger partial charge is 0.379 e. The minimum atomic E-state index is 0.274. The van der Waals surface area contributed by atoms with Gasteiger partial charge in [-0.15, -0.1) is 0 Å². The molecule has 1 saturated carbocycles. The summed E-state index contributed by atoms with van der Waals surface area (Å²) in [4.78, 5) is 4.28. The number of aromatic nitrogens is 1. The first-order chi connectivity index (χ1) is 8.77. The Morgan fingerprint density at radius 2 is 2.28 bits per heavy atom. The van der Waals surface area contributed by atoms with Crippen molar-refractivity contribution in [3.05, 3.63) is 29.6 Å². The van der Waals surface area contributed by atoms with Crippen LogP contribution in [0.4, 0.5) is 0 Å². The molecular formula is C15H24N2O. The highest BCUT2D eigenvalue weighted by atomic mass is 16.5. The molecule has 2 rings (SSSR count). The van der Waals surface area contributed by atoms with Crippen LogP contribution in [0.5, 0.6) is 0 Å². The monoisotopic (exact) mass is 248 g/mol. The molecular weight excluding hydrogens is 224 g/mol. The number of nitrogens with one attached hydrogen (secondary N) is 1. The Bertz CT molecular complexity index is 377. The zero-order chi connectivity index (χ0) is 13.0. The predicted octanol–water partition coefficient (Wildman–Crippen LogP) is 2.86. The molecule has 0 amide bonds. The standard InChI is InChI=1S/C15H24N2O/c1-4-8-17-14(15(18-3)12-5-6-12)13-10-16-9-7-11(13)2/h7,9-10,12,14-15,17H,4-6,8H2,1-3H3. The van der Waals surface area contributed by atoms with Crippen molar-refractivity contribution in [2.45, 2.75) is 45.3 Å². The number of hydrogen-bond donors (Lipinski definition) is 1. The highest BCUT2D eigenvalue weighted by molar-refractivity contribution is 5.26. The van der Waals surface area contributed by atoms with E-state index in [4.69, 9.17) is 4.74 Å². The summed E-state index contributed by atoms with van der Waals surface area (Å²) in [6.07, 6.45) is 7.84. The molecule has 1 heterocycles. The van der Waals surface area contributed by atoms with Crippen molar-refractivity contribution >= 4 is 0 Å². The third-order valence-corrected chi connectivity index (χ3v) is 3.72. The van der Waals surface area contributed by atoms with Gasteiger partial charge in [-0.3, -0.25) is 4.98 Å². The summed E-state index contributed by atoms with van der Waals surface area (Å²) in [7, 11) is 1.83. The van der Waals surface area contributed by atoms with E-state index in [1.807, 2.05) is 19.5 Å². The number of rotatable bonds is 7. The molecule has 0 aliphatic heterocycles. The van der Waals surface area contributed by atoms with Crippen molar-refractivity contribution in [2.24, 2.45) is 5.92 Å². The van der Waals surface area contributed by atoms with E-state index in [2.05, 4.69) is 30.2 Å². The van der Waals surface area contributed by atoms with E-state index in [1.54, 1.807) is 0 Å². The van der Waals surface area contributed by atoms with Crippen molar-refractivity contribution in [3.63, 3.8) is 0 Å². The van der Waals surface area contributed by atoms with Gasteiger partial charge >= 0.3 is 0 Å². The Morgan fingerprint density at radius 1 is 1.50 bits per heavy atom. The third kappa shape index (κ3) is 3.09. The van der Waals surface area contributed by atoms with Crippen molar-refractivity contribution in [1.29, 1.82) is 0 Å². The van der Waals surface area contributed by atoms with Gasteiger partial charge in [-0.25, -0.2) is 0 Å². The van der Waals surface area contributed by atoms with Crippen molar-refractivity contribution in [2.75, 3.05) is 13.7 Å². The van der Waals surface area contributed by atoms with Gasteiger partial charge in [0.05, 0.1) is 12.1 Å². The summed E-state index contributed by atoms with van der Waals surface area (Å²) in [5.41, 5.74) is 2.58. The molecule has 2 atom stereocenters. The molecule has 0 saturated heterocycles. The maximum Gasteiger partial charge on any atom is 0.0794 e. The van der Waals surface area contributed by atoms with Crippen LogP contribution in [0.15, 0.2) is 18.5 Å². The Labute approximate surface area is 110 Å². The van der Waals surface area contributed by atoms with Gasteiger partial charge in [-0.1, -0.05) is 6.92 Å². The van der Waals surface area contributed by atoms with Crippen LogP contribution >= 0.6 is 0 Å². The van der Waals surface area contributed by atoms with Gasteiger partial charge in [-0.05, 0) is 55.8 Å². The average Bonchev–Trinajstić information content (AvgIpc) is 3.20. The maximum absolute atomic E-state index is 5.75. The minimum Gasteiger partial charge on any atom is -0.379 e. The van der Waals surface area contributed by atoms with E-state index in [-0.39, 0.29) is 12.1 Å². The van der Waals surface area contributed by atoms with E-state index in [0.717, 1.165) is 13.0 Å².